The fraction of sp³-hybridized carbons (Fsp3) is 0.423. The SMILES string of the molecule is CC(=O)OC[C@H]1O[C@@H](n2cnc3c(Br)nc(N(CCc4ccccc4)C(C)=O)nc32)[C@H](OC(C)=O)[C@@H]1OC(C)=O. The Labute approximate surface area is 237 Å². The Hall–Kier alpha value is -3.91. The minimum absolute atomic E-state index is 0.125. The molecule has 4 rings (SSSR count). The van der Waals surface area contributed by atoms with E-state index in [1.54, 1.807) is 0 Å². The highest BCUT2D eigenvalue weighted by Crippen LogP contribution is 2.37. The average Bonchev–Trinajstić information content (AvgIpc) is 3.44. The Balaban J connectivity index is 1.73. The fourth-order valence-corrected chi connectivity index (χ4v) is 4.82. The summed E-state index contributed by atoms with van der Waals surface area (Å²) in [4.78, 5) is 62.9. The van der Waals surface area contributed by atoms with E-state index in [1.807, 2.05) is 30.3 Å². The lowest BCUT2D eigenvalue weighted by Gasteiger charge is -2.24. The van der Waals surface area contributed by atoms with Gasteiger partial charge in [0.1, 0.15) is 22.8 Å². The standard InChI is InChI=1S/C26H28BrN5O8/c1-14(33)31(11-10-18-8-6-5-7-9-18)26-29-23(27)20-24(30-26)32(13-28-20)25-22(39-17(4)36)21(38-16(3)35)19(40-25)12-37-15(2)34/h5-9,13,19,21-22,25H,10-12H2,1-4H3/t19-,21-,22-,25-/m1/s1. The number of carbonyl (C=O) groups excluding carboxylic acids is 4. The number of rotatable bonds is 9. The molecule has 0 aliphatic carbocycles. The van der Waals surface area contributed by atoms with E-state index in [2.05, 4.69) is 30.9 Å². The molecule has 0 N–H and O–H groups in total. The van der Waals surface area contributed by atoms with Gasteiger partial charge in [-0.25, -0.2) is 9.97 Å². The number of imidazole rings is 1. The number of nitrogens with zero attached hydrogens (tertiary/aromatic N) is 5. The van der Waals surface area contributed by atoms with Crippen molar-refractivity contribution >= 4 is 56.9 Å². The van der Waals surface area contributed by atoms with E-state index in [0.29, 0.717) is 23.1 Å². The number of esters is 3. The third-order valence-corrected chi connectivity index (χ3v) is 6.62. The van der Waals surface area contributed by atoms with Crippen molar-refractivity contribution in [3.05, 3.63) is 46.8 Å². The average molecular weight is 618 g/mol. The molecule has 1 fully saturated rings. The molecule has 212 valence electrons. The Bertz CT molecular complexity index is 1410. The van der Waals surface area contributed by atoms with Gasteiger partial charge >= 0.3 is 17.9 Å². The maximum atomic E-state index is 12.6. The summed E-state index contributed by atoms with van der Waals surface area (Å²) in [5.74, 6) is -1.99. The van der Waals surface area contributed by atoms with Crippen molar-refractivity contribution in [3.8, 4) is 0 Å². The summed E-state index contributed by atoms with van der Waals surface area (Å²) < 4.78 is 24.0. The van der Waals surface area contributed by atoms with Crippen LogP contribution in [0.15, 0.2) is 41.3 Å². The lowest BCUT2D eigenvalue weighted by atomic mass is 10.1. The molecule has 13 nitrogen and oxygen atoms in total. The van der Waals surface area contributed by atoms with Gasteiger partial charge in [0, 0.05) is 34.2 Å². The van der Waals surface area contributed by atoms with Crippen molar-refractivity contribution in [2.75, 3.05) is 18.1 Å². The monoisotopic (exact) mass is 617 g/mol. The van der Waals surface area contributed by atoms with Crippen molar-refractivity contribution in [2.45, 2.75) is 58.7 Å². The number of anilines is 1. The number of halogens is 1. The van der Waals surface area contributed by atoms with E-state index in [-0.39, 0.29) is 24.1 Å². The van der Waals surface area contributed by atoms with Crippen LogP contribution in [0.4, 0.5) is 5.95 Å². The zero-order chi connectivity index (χ0) is 29.0. The normalized spacial score (nSPS) is 20.2. The largest absolute Gasteiger partial charge is 0.463 e. The highest BCUT2D eigenvalue weighted by Gasteiger charge is 2.51. The first-order valence-corrected chi connectivity index (χ1v) is 13.2. The van der Waals surface area contributed by atoms with Crippen LogP contribution in [-0.2, 0) is 44.5 Å². The molecule has 1 aliphatic heterocycles. The molecule has 0 spiro atoms. The zero-order valence-corrected chi connectivity index (χ0v) is 23.9. The molecule has 2 aromatic heterocycles. The molecular weight excluding hydrogens is 590 g/mol. The molecule has 1 saturated heterocycles. The van der Waals surface area contributed by atoms with E-state index in [1.165, 1.54) is 43.5 Å². The van der Waals surface area contributed by atoms with Crippen molar-refractivity contribution in [1.82, 2.24) is 19.5 Å². The lowest BCUT2D eigenvalue weighted by molar-refractivity contribution is -0.166. The Morgan fingerprint density at radius 3 is 2.27 bits per heavy atom. The van der Waals surface area contributed by atoms with Gasteiger partial charge in [0.15, 0.2) is 24.1 Å². The number of benzene rings is 1. The van der Waals surface area contributed by atoms with Crippen LogP contribution in [0.1, 0.15) is 39.5 Å². The molecule has 0 saturated carbocycles. The minimum Gasteiger partial charge on any atom is -0.463 e. The van der Waals surface area contributed by atoms with Gasteiger partial charge in [0.2, 0.25) is 11.9 Å². The zero-order valence-electron chi connectivity index (χ0n) is 22.3. The number of carbonyl (C=O) groups is 4. The maximum absolute atomic E-state index is 12.6. The van der Waals surface area contributed by atoms with E-state index >= 15 is 0 Å². The molecule has 0 unspecified atom stereocenters. The first-order valence-electron chi connectivity index (χ1n) is 12.4. The highest BCUT2D eigenvalue weighted by molar-refractivity contribution is 9.10. The fourth-order valence-electron chi connectivity index (χ4n) is 4.38. The molecule has 1 aliphatic rings. The van der Waals surface area contributed by atoms with Crippen LogP contribution in [0.3, 0.4) is 0 Å². The third-order valence-electron chi connectivity index (χ3n) is 6.07. The summed E-state index contributed by atoms with van der Waals surface area (Å²) in [5.41, 5.74) is 1.66. The minimum atomic E-state index is -1.13. The van der Waals surface area contributed by atoms with E-state index in [0.717, 1.165) is 5.56 Å². The molecule has 40 heavy (non-hydrogen) atoms. The molecule has 0 radical (unpaired) electrons. The van der Waals surface area contributed by atoms with Crippen molar-refractivity contribution < 1.29 is 38.1 Å². The van der Waals surface area contributed by atoms with E-state index in [9.17, 15) is 19.2 Å². The smallest absolute Gasteiger partial charge is 0.303 e. The van der Waals surface area contributed by atoms with Gasteiger partial charge in [-0.2, -0.15) is 4.98 Å². The van der Waals surface area contributed by atoms with Gasteiger partial charge in [-0.15, -0.1) is 0 Å². The molecule has 14 heteroatoms. The number of hydrogen-bond acceptors (Lipinski definition) is 11. The van der Waals surface area contributed by atoms with Crippen LogP contribution < -0.4 is 4.90 Å². The number of aromatic nitrogens is 4. The van der Waals surface area contributed by atoms with Crippen molar-refractivity contribution in [2.24, 2.45) is 0 Å². The Morgan fingerprint density at radius 2 is 1.65 bits per heavy atom. The van der Waals surface area contributed by atoms with Crippen LogP contribution in [-0.4, -0.2) is 74.8 Å². The summed E-state index contributed by atoms with van der Waals surface area (Å²) in [6.45, 7) is 5.13. The molecule has 0 bridgehead atoms. The van der Waals surface area contributed by atoms with Crippen LogP contribution in [0.2, 0.25) is 0 Å². The summed E-state index contributed by atoms with van der Waals surface area (Å²) in [7, 11) is 0. The molecule has 3 heterocycles. The molecule has 4 atom stereocenters. The Kier molecular flexibility index (Phi) is 9.10. The third kappa shape index (κ3) is 6.62. The van der Waals surface area contributed by atoms with Crippen molar-refractivity contribution in [1.29, 1.82) is 0 Å². The van der Waals surface area contributed by atoms with Gasteiger partial charge < -0.3 is 18.9 Å². The van der Waals surface area contributed by atoms with Gasteiger partial charge in [0.05, 0.1) is 6.33 Å². The summed E-state index contributed by atoms with van der Waals surface area (Å²) in [5, 5.41) is 0. The van der Waals surface area contributed by atoms with Gasteiger partial charge in [-0.05, 0) is 27.9 Å². The quantitative estimate of drug-likeness (QED) is 0.198. The summed E-state index contributed by atoms with van der Waals surface area (Å²) in [6, 6.07) is 9.68. The predicted octanol–water partition coefficient (Wildman–Crippen LogP) is 2.51. The van der Waals surface area contributed by atoms with E-state index in [4.69, 9.17) is 18.9 Å². The number of fused-ring (bicyclic) bond motifs is 1. The van der Waals surface area contributed by atoms with Crippen LogP contribution >= 0.6 is 15.9 Å². The number of amides is 1. The maximum Gasteiger partial charge on any atom is 0.303 e. The first kappa shape index (κ1) is 29.1. The number of ether oxygens (including phenoxy) is 4. The van der Waals surface area contributed by atoms with Gasteiger partial charge in [-0.1, -0.05) is 30.3 Å². The molecule has 1 amide bonds. The summed E-state index contributed by atoms with van der Waals surface area (Å²) >= 11 is 3.42. The molecule has 3 aromatic rings. The first-order chi connectivity index (χ1) is 19.0. The van der Waals surface area contributed by atoms with Crippen molar-refractivity contribution in [3.63, 3.8) is 0 Å². The molecule has 1 aromatic carbocycles. The second-order valence-corrected chi connectivity index (χ2v) is 9.81. The van der Waals surface area contributed by atoms with Crippen LogP contribution in [0.25, 0.3) is 11.2 Å². The van der Waals surface area contributed by atoms with Crippen LogP contribution in [0, 0.1) is 0 Å². The Morgan fingerprint density at radius 1 is 0.975 bits per heavy atom. The van der Waals surface area contributed by atoms with Crippen LogP contribution in [0.5, 0.6) is 0 Å². The number of hydrogen-bond donors (Lipinski definition) is 0. The second kappa shape index (κ2) is 12.5. The molecular formula is C26H28BrN5O8. The summed E-state index contributed by atoms with van der Waals surface area (Å²) in [6.07, 6.45) is -2.25. The lowest BCUT2D eigenvalue weighted by Crippen LogP contribution is -2.40. The predicted molar refractivity (Wildman–Crippen MR) is 143 cm³/mol. The van der Waals surface area contributed by atoms with Gasteiger partial charge in [-0.3, -0.25) is 28.6 Å². The topological polar surface area (TPSA) is 152 Å². The van der Waals surface area contributed by atoms with Gasteiger partial charge in [0.25, 0.3) is 0 Å². The van der Waals surface area contributed by atoms with E-state index < -0.39 is 42.4 Å². The highest BCUT2D eigenvalue weighted by atomic mass is 79.9. The second-order valence-electron chi connectivity index (χ2n) is 9.06.